The van der Waals surface area contributed by atoms with Crippen LogP contribution >= 0.6 is 11.3 Å². The summed E-state index contributed by atoms with van der Waals surface area (Å²) in [6, 6.07) is 4.46. The van der Waals surface area contributed by atoms with Crippen molar-refractivity contribution in [3.05, 3.63) is 41.2 Å². The van der Waals surface area contributed by atoms with Gasteiger partial charge in [-0.25, -0.2) is 18.3 Å². The number of hydrogen-bond donors (Lipinski definition) is 1. The number of fused-ring (bicyclic) bond motifs is 1. The number of pyridine rings is 1. The number of carboxylic acids is 1. The van der Waals surface area contributed by atoms with Gasteiger partial charge in [0.2, 0.25) is 0 Å². The number of carbonyl (C=O) groups is 1. The van der Waals surface area contributed by atoms with E-state index in [0.717, 1.165) is 11.3 Å². The van der Waals surface area contributed by atoms with Gasteiger partial charge < -0.3 is 5.11 Å². The largest absolute Gasteiger partial charge is 0.477 e. The number of thiophene rings is 1. The van der Waals surface area contributed by atoms with Crippen molar-refractivity contribution in [3.63, 3.8) is 0 Å². The molecule has 0 aliphatic carbocycles. The van der Waals surface area contributed by atoms with Gasteiger partial charge in [0, 0.05) is 17.8 Å². The molecule has 0 amide bonds. The third kappa shape index (κ3) is 1.94. The number of alkyl halides is 2. The SMILES string of the molecule is O=C(O)c1cc2c(C(F)F)nn(-c3ccncc3)c2s1. The molecule has 3 aromatic rings. The molecule has 0 spiro atoms. The summed E-state index contributed by atoms with van der Waals surface area (Å²) in [5, 5.41) is 13.0. The monoisotopic (exact) mass is 295 g/mol. The Hall–Kier alpha value is -2.35. The normalized spacial score (nSPS) is 11.3. The number of carboxylic acid groups (broad SMARTS) is 1. The summed E-state index contributed by atoms with van der Waals surface area (Å²) in [4.78, 5) is 15.2. The number of aromatic nitrogens is 3. The second kappa shape index (κ2) is 4.64. The molecule has 8 heteroatoms. The average molecular weight is 295 g/mol. The third-order valence-electron chi connectivity index (χ3n) is 2.71. The van der Waals surface area contributed by atoms with E-state index in [1.165, 1.54) is 23.1 Å². The van der Waals surface area contributed by atoms with Crippen molar-refractivity contribution in [2.45, 2.75) is 6.43 Å². The van der Waals surface area contributed by atoms with Gasteiger partial charge in [0.1, 0.15) is 15.4 Å². The molecule has 0 fully saturated rings. The molecule has 0 aromatic carbocycles. The Morgan fingerprint density at radius 3 is 2.65 bits per heavy atom. The van der Waals surface area contributed by atoms with Gasteiger partial charge in [-0.3, -0.25) is 4.98 Å². The van der Waals surface area contributed by atoms with E-state index < -0.39 is 18.1 Å². The van der Waals surface area contributed by atoms with E-state index in [1.807, 2.05) is 0 Å². The highest BCUT2D eigenvalue weighted by atomic mass is 32.1. The fraction of sp³-hybridized carbons (Fsp3) is 0.0833. The standard InChI is InChI=1S/C12H7F2N3O2S/c13-10(14)9-7-5-8(12(18)19)20-11(7)17(16-9)6-1-3-15-4-2-6/h1-5,10H,(H,18,19). The first-order chi connectivity index (χ1) is 9.58. The molecule has 3 rings (SSSR count). The maximum Gasteiger partial charge on any atom is 0.345 e. The summed E-state index contributed by atoms with van der Waals surface area (Å²) in [5.41, 5.74) is 0.135. The quantitative estimate of drug-likeness (QED) is 0.806. The van der Waals surface area contributed by atoms with Gasteiger partial charge in [-0.2, -0.15) is 5.10 Å². The predicted molar refractivity (Wildman–Crippen MR) is 68.7 cm³/mol. The fourth-order valence-corrected chi connectivity index (χ4v) is 2.83. The lowest BCUT2D eigenvalue weighted by atomic mass is 10.3. The lowest BCUT2D eigenvalue weighted by Crippen LogP contribution is -1.97. The third-order valence-corrected chi connectivity index (χ3v) is 3.81. The second-order valence-corrected chi connectivity index (χ2v) is 4.97. The first kappa shape index (κ1) is 12.7. The van der Waals surface area contributed by atoms with E-state index in [0.29, 0.717) is 10.5 Å². The minimum atomic E-state index is -2.77. The van der Waals surface area contributed by atoms with Crippen LogP contribution in [0.15, 0.2) is 30.6 Å². The van der Waals surface area contributed by atoms with Crippen LogP contribution in [0.25, 0.3) is 15.9 Å². The number of nitrogens with zero attached hydrogens (tertiary/aromatic N) is 3. The van der Waals surface area contributed by atoms with Crippen LogP contribution in [0.3, 0.4) is 0 Å². The van der Waals surface area contributed by atoms with E-state index in [1.54, 1.807) is 12.1 Å². The van der Waals surface area contributed by atoms with E-state index in [9.17, 15) is 13.6 Å². The van der Waals surface area contributed by atoms with Crippen molar-refractivity contribution < 1.29 is 18.7 Å². The Morgan fingerprint density at radius 1 is 1.35 bits per heavy atom. The molecule has 5 nitrogen and oxygen atoms in total. The van der Waals surface area contributed by atoms with Crippen LogP contribution in [0.4, 0.5) is 8.78 Å². The molecule has 0 unspecified atom stereocenters. The van der Waals surface area contributed by atoms with Crippen molar-refractivity contribution in [3.8, 4) is 5.69 Å². The van der Waals surface area contributed by atoms with Crippen LogP contribution in [0, 0.1) is 0 Å². The van der Waals surface area contributed by atoms with Crippen molar-refractivity contribution in [2.75, 3.05) is 0 Å². The lowest BCUT2D eigenvalue weighted by molar-refractivity contribution is 0.0702. The molecule has 0 bridgehead atoms. The summed E-state index contributed by atoms with van der Waals surface area (Å²) in [7, 11) is 0. The number of halogens is 2. The van der Waals surface area contributed by atoms with Crippen LogP contribution in [0.2, 0.25) is 0 Å². The topological polar surface area (TPSA) is 68.0 Å². The first-order valence-corrected chi connectivity index (χ1v) is 6.34. The maximum absolute atomic E-state index is 13.0. The fourth-order valence-electron chi connectivity index (χ4n) is 1.86. The molecule has 1 N–H and O–H groups in total. The smallest absolute Gasteiger partial charge is 0.345 e. The lowest BCUT2D eigenvalue weighted by Gasteiger charge is -2.00. The number of rotatable bonds is 3. The van der Waals surface area contributed by atoms with Gasteiger partial charge in [-0.05, 0) is 18.2 Å². The molecular weight excluding hydrogens is 288 g/mol. The van der Waals surface area contributed by atoms with Gasteiger partial charge in [0.15, 0.2) is 0 Å². The Morgan fingerprint density at radius 2 is 2.05 bits per heavy atom. The molecule has 0 aliphatic heterocycles. The molecule has 0 radical (unpaired) electrons. The van der Waals surface area contributed by atoms with Crippen LogP contribution in [0.1, 0.15) is 21.8 Å². The molecular formula is C12H7F2N3O2S. The molecule has 0 aliphatic rings. The zero-order valence-corrected chi connectivity index (χ0v) is 10.6. The molecule has 20 heavy (non-hydrogen) atoms. The Balaban J connectivity index is 2.29. The first-order valence-electron chi connectivity index (χ1n) is 5.52. The Kier molecular flexibility index (Phi) is 2.94. The molecule has 0 saturated heterocycles. The Labute approximate surface area is 115 Å². The number of aromatic carboxylic acids is 1. The minimum Gasteiger partial charge on any atom is -0.477 e. The van der Waals surface area contributed by atoms with Gasteiger partial charge in [0.05, 0.1) is 5.69 Å². The average Bonchev–Trinajstić information content (AvgIpc) is 2.97. The highest BCUT2D eigenvalue weighted by Gasteiger charge is 2.23. The molecule has 102 valence electrons. The van der Waals surface area contributed by atoms with Crippen LogP contribution in [-0.2, 0) is 0 Å². The maximum atomic E-state index is 13.0. The van der Waals surface area contributed by atoms with Crippen molar-refractivity contribution in [1.29, 1.82) is 0 Å². The summed E-state index contributed by atoms with van der Waals surface area (Å²) >= 11 is 0.912. The highest BCUT2D eigenvalue weighted by molar-refractivity contribution is 7.20. The van der Waals surface area contributed by atoms with Crippen molar-refractivity contribution in [1.82, 2.24) is 14.8 Å². The van der Waals surface area contributed by atoms with Gasteiger partial charge in [-0.1, -0.05) is 0 Å². The Bertz CT molecular complexity index is 783. The molecule has 3 heterocycles. The summed E-state index contributed by atoms with van der Waals surface area (Å²) in [6.45, 7) is 0. The van der Waals surface area contributed by atoms with Gasteiger partial charge in [-0.15, -0.1) is 11.3 Å². The minimum absolute atomic E-state index is 0.00195. The molecule has 0 atom stereocenters. The van der Waals surface area contributed by atoms with E-state index >= 15 is 0 Å². The van der Waals surface area contributed by atoms with Gasteiger partial charge in [0.25, 0.3) is 6.43 Å². The predicted octanol–water partition coefficient (Wildman–Crippen LogP) is 3.12. The summed E-state index contributed by atoms with van der Waals surface area (Å²) in [5.74, 6) is -1.15. The van der Waals surface area contributed by atoms with E-state index in [-0.39, 0.29) is 10.3 Å². The van der Waals surface area contributed by atoms with Crippen LogP contribution in [0.5, 0.6) is 0 Å². The molecule has 3 aromatic heterocycles. The van der Waals surface area contributed by atoms with Crippen LogP contribution < -0.4 is 0 Å². The van der Waals surface area contributed by atoms with E-state index in [4.69, 9.17) is 5.11 Å². The zero-order chi connectivity index (χ0) is 14.3. The zero-order valence-electron chi connectivity index (χ0n) is 9.83. The van der Waals surface area contributed by atoms with Gasteiger partial charge >= 0.3 is 5.97 Å². The van der Waals surface area contributed by atoms with Crippen LogP contribution in [-0.4, -0.2) is 25.8 Å². The van der Waals surface area contributed by atoms with Crippen molar-refractivity contribution >= 4 is 27.5 Å². The number of hydrogen-bond acceptors (Lipinski definition) is 4. The summed E-state index contributed by atoms with van der Waals surface area (Å²) in [6.07, 6.45) is 0.254. The van der Waals surface area contributed by atoms with Crippen molar-refractivity contribution in [2.24, 2.45) is 0 Å². The van der Waals surface area contributed by atoms with E-state index in [2.05, 4.69) is 10.1 Å². The highest BCUT2D eigenvalue weighted by Crippen LogP contribution is 2.34. The summed E-state index contributed by atoms with van der Waals surface area (Å²) < 4.78 is 27.3. The second-order valence-electron chi connectivity index (χ2n) is 3.94. The molecule has 0 saturated carbocycles.